The van der Waals surface area contributed by atoms with Gasteiger partial charge in [0, 0.05) is 25.6 Å². The Bertz CT molecular complexity index is 1780. The molecule has 0 spiro atoms. The van der Waals surface area contributed by atoms with Crippen molar-refractivity contribution in [3.63, 3.8) is 0 Å². The van der Waals surface area contributed by atoms with Gasteiger partial charge in [-0.05, 0) is 25.1 Å². The molecule has 2 N–H and O–H groups in total. The quantitative estimate of drug-likeness (QED) is 0.142. The summed E-state index contributed by atoms with van der Waals surface area (Å²) in [7, 11) is -6.12. The molecular formula is C25H25F4N5O5SSi. The van der Waals surface area contributed by atoms with Crippen LogP contribution in [0, 0.1) is 30.2 Å². The first kappa shape index (κ1) is 30.1. The molecule has 10 nitrogen and oxygen atoms in total. The van der Waals surface area contributed by atoms with Crippen molar-refractivity contribution in [2.45, 2.75) is 44.2 Å². The van der Waals surface area contributed by atoms with Crippen molar-refractivity contribution in [3.8, 4) is 11.1 Å². The number of sulfonamides is 1. The first-order valence-corrected chi connectivity index (χ1v) is 17.3. The van der Waals surface area contributed by atoms with Crippen LogP contribution in [0.4, 0.5) is 23.4 Å². The first-order valence-electron chi connectivity index (χ1n) is 12.1. The van der Waals surface area contributed by atoms with Crippen LogP contribution in [0.15, 0.2) is 35.5 Å². The summed E-state index contributed by atoms with van der Waals surface area (Å²) >= 11 is 0. The molecule has 0 fully saturated rings. The molecule has 0 aliphatic heterocycles. The van der Waals surface area contributed by atoms with Gasteiger partial charge in [0.25, 0.3) is 10.0 Å². The first-order chi connectivity index (χ1) is 19.1. The molecule has 218 valence electrons. The van der Waals surface area contributed by atoms with Gasteiger partial charge in [0.2, 0.25) is 0 Å². The van der Waals surface area contributed by atoms with Crippen LogP contribution in [0.2, 0.25) is 25.7 Å². The van der Waals surface area contributed by atoms with Gasteiger partial charge in [-0.3, -0.25) is 9.71 Å². The number of hydrogen-bond acceptors (Lipinski definition) is 7. The van der Waals surface area contributed by atoms with Gasteiger partial charge in [-0.25, -0.2) is 40.4 Å². The van der Waals surface area contributed by atoms with E-state index in [9.17, 15) is 27.1 Å². The standard InChI is InChI=1S/C25H25F4N5O5SSi/c1-13-18(9-14(26)10-30-13)40(37,38)33-24-21(29)19(17(27)11-31-24)15-5-6-16-22(25(35)36)32-34(23(16)20(15)28)12-39-7-8-41(2,3)4/h5-6,9-11H,7-8,12H2,1-4H3,(H,31,33)(H,35,36). The van der Waals surface area contributed by atoms with Gasteiger partial charge < -0.3 is 9.84 Å². The molecule has 16 heteroatoms. The third-order valence-corrected chi connectivity index (χ3v) is 9.19. The summed E-state index contributed by atoms with van der Waals surface area (Å²) < 4.78 is 94.1. The molecule has 0 amide bonds. The van der Waals surface area contributed by atoms with Crippen molar-refractivity contribution in [1.82, 2.24) is 19.7 Å². The van der Waals surface area contributed by atoms with Crippen LogP contribution in [0.25, 0.3) is 22.0 Å². The lowest BCUT2D eigenvalue weighted by Gasteiger charge is -2.16. The second-order valence-electron chi connectivity index (χ2n) is 10.3. The van der Waals surface area contributed by atoms with E-state index in [1.165, 1.54) is 6.92 Å². The number of carbonyl (C=O) groups is 1. The third-order valence-electron chi connectivity index (χ3n) is 6.03. The van der Waals surface area contributed by atoms with Crippen molar-refractivity contribution < 1.29 is 40.6 Å². The van der Waals surface area contributed by atoms with E-state index in [1.807, 2.05) is 4.72 Å². The molecular weight excluding hydrogens is 586 g/mol. The number of ether oxygens (including phenoxy) is 1. The Morgan fingerprint density at radius 1 is 1.10 bits per heavy atom. The molecule has 4 rings (SSSR count). The molecule has 4 aromatic rings. The van der Waals surface area contributed by atoms with Crippen molar-refractivity contribution in [2.75, 3.05) is 11.3 Å². The Balaban J connectivity index is 1.79. The smallest absolute Gasteiger partial charge is 0.357 e. The Labute approximate surface area is 233 Å². The topological polar surface area (TPSA) is 136 Å². The van der Waals surface area contributed by atoms with Gasteiger partial charge in [0.15, 0.2) is 29.0 Å². The van der Waals surface area contributed by atoms with Crippen LogP contribution in [0.5, 0.6) is 0 Å². The summed E-state index contributed by atoms with van der Waals surface area (Å²) in [5, 5.41) is 13.3. The largest absolute Gasteiger partial charge is 0.476 e. The summed E-state index contributed by atoms with van der Waals surface area (Å²) in [6.07, 6.45) is 1.27. The molecule has 0 radical (unpaired) electrons. The molecule has 0 atom stereocenters. The minimum atomic E-state index is -4.65. The van der Waals surface area contributed by atoms with Crippen LogP contribution >= 0.6 is 0 Å². The summed E-state index contributed by atoms with van der Waals surface area (Å²) in [5.74, 6) is -7.53. The summed E-state index contributed by atoms with van der Waals surface area (Å²) in [6.45, 7) is 7.62. The van der Waals surface area contributed by atoms with Gasteiger partial charge in [-0.15, -0.1) is 0 Å². The van der Waals surface area contributed by atoms with Gasteiger partial charge in [0.05, 0.1) is 23.7 Å². The lowest BCUT2D eigenvalue weighted by molar-refractivity contribution is 0.0675. The van der Waals surface area contributed by atoms with E-state index >= 15 is 8.78 Å². The number of nitrogens with zero attached hydrogens (tertiary/aromatic N) is 4. The van der Waals surface area contributed by atoms with Gasteiger partial charge >= 0.3 is 5.97 Å². The average molecular weight is 612 g/mol. The van der Waals surface area contributed by atoms with E-state index in [-0.39, 0.29) is 23.3 Å². The predicted octanol–water partition coefficient (Wildman–Crippen LogP) is 5.17. The van der Waals surface area contributed by atoms with Gasteiger partial charge in [-0.2, -0.15) is 5.10 Å². The maximum Gasteiger partial charge on any atom is 0.357 e. The van der Waals surface area contributed by atoms with Crippen molar-refractivity contribution in [2.24, 2.45) is 0 Å². The van der Waals surface area contributed by atoms with Crippen LogP contribution in [-0.4, -0.2) is 53.9 Å². The maximum atomic E-state index is 15.9. The maximum absolute atomic E-state index is 15.9. The lowest BCUT2D eigenvalue weighted by Crippen LogP contribution is -2.22. The number of benzene rings is 1. The van der Waals surface area contributed by atoms with Crippen molar-refractivity contribution >= 4 is 40.8 Å². The fourth-order valence-corrected chi connectivity index (χ4v) is 5.91. The number of carboxylic acids is 1. The lowest BCUT2D eigenvalue weighted by atomic mass is 10.0. The number of pyridine rings is 2. The number of halogens is 4. The zero-order valence-electron chi connectivity index (χ0n) is 22.3. The van der Waals surface area contributed by atoms with Crippen LogP contribution in [0.1, 0.15) is 16.2 Å². The fraction of sp³-hybridized carbons (Fsp3) is 0.280. The predicted molar refractivity (Wildman–Crippen MR) is 144 cm³/mol. The number of aromatic nitrogens is 4. The number of nitrogens with one attached hydrogen (secondary N) is 1. The number of anilines is 1. The van der Waals surface area contributed by atoms with E-state index in [0.29, 0.717) is 18.9 Å². The normalized spacial score (nSPS) is 12.2. The monoisotopic (exact) mass is 611 g/mol. The van der Waals surface area contributed by atoms with E-state index in [4.69, 9.17) is 4.74 Å². The second kappa shape index (κ2) is 11.2. The Hall–Kier alpha value is -3.89. The molecule has 3 heterocycles. The van der Waals surface area contributed by atoms with Crippen molar-refractivity contribution in [3.05, 3.63) is 65.2 Å². The Morgan fingerprint density at radius 3 is 2.46 bits per heavy atom. The van der Waals surface area contributed by atoms with Crippen molar-refractivity contribution in [1.29, 1.82) is 0 Å². The summed E-state index contributed by atoms with van der Waals surface area (Å²) in [6, 6.07) is 3.51. The van der Waals surface area contributed by atoms with E-state index in [0.717, 1.165) is 29.1 Å². The minimum absolute atomic E-state index is 0.104. The number of aryl methyl sites for hydroxylation is 1. The third kappa shape index (κ3) is 6.23. The van der Waals surface area contributed by atoms with Crippen LogP contribution < -0.4 is 4.72 Å². The van der Waals surface area contributed by atoms with E-state index in [2.05, 4.69) is 34.7 Å². The van der Waals surface area contributed by atoms with Gasteiger partial charge in [-0.1, -0.05) is 25.7 Å². The number of hydrogen-bond donors (Lipinski definition) is 2. The average Bonchev–Trinajstić information content (AvgIpc) is 3.25. The highest BCUT2D eigenvalue weighted by Crippen LogP contribution is 2.36. The molecule has 41 heavy (non-hydrogen) atoms. The molecule has 3 aromatic heterocycles. The van der Waals surface area contributed by atoms with E-state index < -0.39 is 74.9 Å². The fourth-order valence-electron chi connectivity index (χ4n) is 3.93. The summed E-state index contributed by atoms with van der Waals surface area (Å²) in [4.78, 5) is 18.2. The SMILES string of the molecule is Cc1ncc(F)cc1S(=O)(=O)Nc1ncc(F)c(-c2ccc3c(C(=O)O)nn(COCC[Si](C)(C)C)c3c2F)c1F. The highest BCUT2D eigenvalue weighted by atomic mass is 32.2. The minimum Gasteiger partial charge on any atom is -0.476 e. The van der Waals surface area contributed by atoms with E-state index in [1.54, 1.807) is 0 Å². The Morgan fingerprint density at radius 2 is 1.80 bits per heavy atom. The molecule has 0 saturated heterocycles. The van der Waals surface area contributed by atoms with Crippen LogP contribution in [-0.2, 0) is 21.5 Å². The molecule has 1 aromatic carbocycles. The molecule has 0 aliphatic rings. The highest BCUT2D eigenvalue weighted by Gasteiger charge is 2.28. The zero-order valence-corrected chi connectivity index (χ0v) is 24.1. The number of carboxylic acid groups (broad SMARTS) is 1. The molecule has 0 saturated carbocycles. The second-order valence-corrected chi connectivity index (χ2v) is 17.6. The van der Waals surface area contributed by atoms with Crippen LogP contribution in [0.3, 0.4) is 0 Å². The number of aromatic carboxylic acids is 1. The number of fused-ring (bicyclic) bond motifs is 1. The zero-order chi connectivity index (χ0) is 30.3. The Kier molecular flexibility index (Phi) is 8.20. The molecule has 0 unspecified atom stereocenters. The molecule has 0 aliphatic carbocycles. The molecule has 0 bridgehead atoms. The van der Waals surface area contributed by atoms with Gasteiger partial charge in [0.1, 0.15) is 23.0 Å². The highest BCUT2D eigenvalue weighted by molar-refractivity contribution is 7.92. The summed E-state index contributed by atoms with van der Waals surface area (Å²) in [5.41, 5.74) is -2.61. The number of rotatable bonds is 10.